The molecule has 1 aliphatic rings. The Kier molecular flexibility index (Phi) is 15.1. The van der Waals surface area contributed by atoms with Crippen molar-refractivity contribution in [2.75, 3.05) is 0 Å². The molecule has 3 aromatic rings. The van der Waals surface area contributed by atoms with Crippen LogP contribution in [0.15, 0.2) is 89.5 Å². The number of benzene rings is 3. The molecule has 3 aromatic carbocycles. The molecule has 0 saturated carbocycles. The molecule has 0 amide bonds. The predicted molar refractivity (Wildman–Crippen MR) is 192 cm³/mol. The van der Waals surface area contributed by atoms with E-state index < -0.39 is 32.3 Å². The number of rotatable bonds is 7. The van der Waals surface area contributed by atoms with Crippen LogP contribution in [0.2, 0.25) is 64.0 Å². The molecule has 236 valence electrons. The fourth-order valence-corrected chi connectivity index (χ4v) is 22.9. The molecule has 0 nitrogen and oxygen atoms in total. The first-order valence-electron chi connectivity index (χ1n) is 15.0. The van der Waals surface area contributed by atoms with Gasteiger partial charge in [0.2, 0.25) is 0 Å². The van der Waals surface area contributed by atoms with Gasteiger partial charge in [0.1, 0.15) is 8.07 Å². The maximum absolute atomic E-state index is 4.25. The van der Waals surface area contributed by atoms with Crippen LogP contribution in [0.25, 0.3) is 0 Å². The first-order chi connectivity index (χ1) is 18.4. The fourth-order valence-electron chi connectivity index (χ4n) is 7.23. The molecule has 8 heteroatoms. The van der Waals surface area contributed by atoms with E-state index in [0.29, 0.717) is 0 Å². The Hall–Kier alpha value is -0.408. The zero-order chi connectivity index (χ0) is 29.9. The van der Waals surface area contributed by atoms with Crippen LogP contribution in [0.5, 0.6) is 0 Å². The van der Waals surface area contributed by atoms with Crippen molar-refractivity contribution in [3.63, 3.8) is 0 Å². The summed E-state index contributed by atoms with van der Waals surface area (Å²) in [5.74, 6) is 0. The average molecular weight is 750 g/mol. The molecule has 0 saturated heterocycles. The van der Waals surface area contributed by atoms with Crippen LogP contribution in [0.1, 0.15) is 27.7 Å². The maximum atomic E-state index is 4.25. The van der Waals surface area contributed by atoms with Crippen molar-refractivity contribution in [2.45, 2.75) is 91.7 Å². The van der Waals surface area contributed by atoms with Gasteiger partial charge in [-0.25, -0.2) is 5.57 Å². The van der Waals surface area contributed by atoms with E-state index in [2.05, 4.69) is 165 Å². The summed E-state index contributed by atoms with van der Waals surface area (Å²) in [7, 11) is -7.95. The first-order valence-corrected chi connectivity index (χ1v) is 27.5. The molecule has 0 radical (unpaired) electrons. The molecule has 1 aliphatic carbocycles. The van der Waals surface area contributed by atoms with Crippen LogP contribution < -0.4 is 68.3 Å². The number of allylic oxidation sites excluding steroid dienone is 4. The Morgan fingerprint density at radius 1 is 0.477 bits per heavy atom. The van der Waals surface area contributed by atoms with E-state index in [9.17, 15) is 0 Å². The van der Waals surface area contributed by atoms with Gasteiger partial charge in [-0.1, -0.05) is 189 Å². The van der Waals surface area contributed by atoms with E-state index in [-0.39, 0.29) is 64.0 Å². The summed E-state index contributed by atoms with van der Waals surface area (Å²) in [6, 6.07) is 29.0. The van der Waals surface area contributed by atoms with Gasteiger partial charge in [-0.15, -0.1) is 6.92 Å². The van der Waals surface area contributed by atoms with Crippen LogP contribution in [0.4, 0.5) is 0 Å². The zero-order valence-electron chi connectivity index (χ0n) is 29.1. The van der Waals surface area contributed by atoms with E-state index in [4.69, 9.17) is 0 Å². The van der Waals surface area contributed by atoms with E-state index in [0.717, 1.165) is 0 Å². The monoisotopic (exact) mass is 748 g/mol. The Morgan fingerprint density at radius 2 is 0.727 bits per heavy atom. The number of hydrogen-bond acceptors (Lipinski definition) is 0. The van der Waals surface area contributed by atoms with Crippen LogP contribution in [0.3, 0.4) is 0 Å². The number of halogens is 3. The quantitative estimate of drug-likeness (QED) is 0.145. The third-order valence-electron chi connectivity index (χ3n) is 9.48. The molecule has 4 rings (SSSR count). The molecule has 1 unspecified atom stereocenters. The van der Waals surface area contributed by atoms with Gasteiger partial charge in [0.05, 0.1) is 24.2 Å². The standard InChI is InChI=1S/C36H51Si4.3ClH.Ti/c1-27-26-36(4,29(3)28(27)2)40(33-23-17-14-20-30(33)37(5,6)7,34-24-18-15-21-31(34)38(8,9)10)35-25-19-16-22-32(35)39(11,12)13;;;;/h14-25H,1-13H3;3*1H;/q-1;;;;+4/p-3. The fraction of sp³-hybridized carbons (Fsp3) is 0.389. The first kappa shape index (κ1) is 43.6. The van der Waals surface area contributed by atoms with Crippen molar-refractivity contribution >= 4 is 63.4 Å². The van der Waals surface area contributed by atoms with Gasteiger partial charge in [0.15, 0.2) is 0 Å². The maximum Gasteiger partial charge on any atom is 4.00 e. The van der Waals surface area contributed by atoms with Crippen molar-refractivity contribution in [3.05, 3.63) is 95.6 Å². The SMILES string of the molecule is CC1=[C-]C(C)([Si](c2ccccc2[Si](C)(C)C)(c2ccccc2[Si](C)(C)C)c2ccccc2[Si](C)(C)C)C(C)=C1C.[Cl-].[Cl-].[Cl-].[Ti+4]. The van der Waals surface area contributed by atoms with E-state index >= 15 is 0 Å². The minimum absolute atomic E-state index is 0. The molecule has 1 atom stereocenters. The van der Waals surface area contributed by atoms with Gasteiger partial charge in [0.25, 0.3) is 0 Å². The van der Waals surface area contributed by atoms with Crippen LogP contribution in [0, 0.1) is 6.08 Å². The second kappa shape index (κ2) is 15.2. The van der Waals surface area contributed by atoms with Crippen LogP contribution >= 0.6 is 0 Å². The Bertz CT molecular complexity index is 1370. The molecular formula is C36H51Cl3Si4Ti. The van der Waals surface area contributed by atoms with Gasteiger partial charge in [-0.2, -0.15) is 11.1 Å². The molecule has 0 aromatic heterocycles. The molecule has 0 fully saturated rings. The van der Waals surface area contributed by atoms with Crippen LogP contribution in [-0.2, 0) is 21.7 Å². The molecule has 0 aliphatic heterocycles. The minimum atomic E-state index is -2.81. The molecule has 0 N–H and O–H groups in total. The Morgan fingerprint density at radius 3 is 0.932 bits per heavy atom. The third kappa shape index (κ3) is 7.35. The predicted octanol–water partition coefficient (Wildman–Crippen LogP) is -2.34. The summed E-state index contributed by atoms with van der Waals surface area (Å²) in [5.41, 5.74) is 4.27. The van der Waals surface area contributed by atoms with E-state index in [1.54, 1.807) is 31.1 Å². The van der Waals surface area contributed by atoms with Crippen molar-refractivity contribution in [1.82, 2.24) is 0 Å². The summed E-state index contributed by atoms with van der Waals surface area (Å²) in [5, 5.41) is 9.54. The van der Waals surface area contributed by atoms with Gasteiger partial charge in [-0.05, 0) is 0 Å². The summed E-state index contributed by atoms with van der Waals surface area (Å²) >= 11 is 0. The van der Waals surface area contributed by atoms with Crippen molar-refractivity contribution < 1.29 is 58.9 Å². The van der Waals surface area contributed by atoms with Crippen LogP contribution in [-0.4, -0.2) is 32.3 Å². The molecule has 44 heavy (non-hydrogen) atoms. The normalized spacial score (nSPS) is 17.1. The van der Waals surface area contributed by atoms with E-state index in [1.165, 1.54) is 16.7 Å². The van der Waals surface area contributed by atoms with Crippen molar-refractivity contribution in [3.8, 4) is 0 Å². The second-order valence-electron chi connectivity index (χ2n) is 15.3. The third-order valence-corrected chi connectivity index (χ3v) is 22.1. The summed E-state index contributed by atoms with van der Waals surface area (Å²) in [6.07, 6.45) is 4.25. The largest absolute Gasteiger partial charge is 4.00 e. The Labute approximate surface area is 307 Å². The van der Waals surface area contributed by atoms with Gasteiger partial charge in [0, 0.05) is 0 Å². The van der Waals surface area contributed by atoms with Gasteiger partial charge < -0.3 is 37.2 Å². The smallest absolute Gasteiger partial charge is 1.00 e. The van der Waals surface area contributed by atoms with Gasteiger partial charge in [-0.3, -0.25) is 6.08 Å². The molecule has 0 spiro atoms. The summed E-state index contributed by atoms with van der Waals surface area (Å²) in [6.45, 7) is 32.5. The van der Waals surface area contributed by atoms with E-state index in [1.807, 2.05) is 0 Å². The van der Waals surface area contributed by atoms with Crippen molar-refractivity contribution in [2.24, 2.45) is 0 Å². The second-order valence-corrected chi connectivity index (χ2v) is 34.5. The van der Waals surface area contributed by atoms with Crippen molar-refractivity contribution in [1.29, 1.82) is 0 Å². The zero-order valence-corrected chi connectivity index (χ0v) is 36.9. The summed E-state index contributed by atoms with van der Waals surface area (Å²) in [4.78, 5) is 0. The molecule has 0 bridgehead atoms. The topological polar surface area (TPSA) is 0 Å². The average Bonchev–Trinajstić information content (AvgIpc) is 3.06. The molecular weight excluding hydrogens is 699 g/mol. The number of hydrogen-bond donors (Lipinski definition) is 0. The minimum Gasteiger partial charge on any atom is -1.00 e. The summed E-state index contributed by atoms with van der Waals surface area (Å²) < 4.78 is 0. The molecule has 0 heterocycles. The van der Waals surface area contributed by atoms with Gasteiger partial charge >= 0.3 is 21.7 Å². The Balaban J connectivity index is 0.00000462.